The molecule has 12 heteroatoms. The maximum atomic E-state index is 14.0. The standard InChI is InChI=1S/C28H30N6O5S/c1-18-9-11-22(39-18)27-30-32-34(31-27)16-25(35)33(15-19-10-12-21-23(14-19)38-17-37-21)26(24-8-5-13-40-24)28(36)29-20-6-3-2-4-7-20/h5,8-14,20,26H,2-4,6-7,15-17H2,1H3,(H,29,36)/t26-/m0/s1. The third-order valence-electron chi connectivity index (χ3n) is 7.12. The van der Waals surface area contributed by atoms with Gasteiger partial charge >= 0.3 is 0 Å². The summed E-state index contributed by atoms with van der Waals surface area (Å²) in [5.41, 5.74) is 0.808. The van der Waals surface area contributed by atoms with Crippen molar-refractivity contribution in [3.05, 3.63) is 64.0 Å². The van der Waals surface area contributed by atoms with Crippen LogP contribution in [0.15, 0.2) is 52.3 Å². The van der Waals surface area contributed by atoms with Gasteiger partial charge in [0.1, 0.15) is 18.3 Å². The van der Waals surface area contributed by atoms with Gasteiger partial charge < -0.3 is 24.1 Å². The van der Waals surface area contributed by atoms with E-state index in [-0.39, 0.29) is 43.6 Å². The number of carbonyl (C=O) groups excluding carboxylic acids is 2. The number of fused-ring (bicyclic) bond motifs is 1. The number of hydrogen-bond donors (Lipinski definition) is 1. The Morgan fingerprint density at radius 2 is 1.98 bits per heavy atom. The zero-order chi connectivity index (χ0) is 27.5. The van der Waals surface area contributed by atoms with E-state index in [0.29, 0.717) is 17.3 Å². The second-order valence-electron chi connectivity index (χ2n) is 10.0. The Morgan fingerprint density at radius 1 is 1.12 bits per heavy atom. The van der Waals surface area contributed by atoms with Crippen LogP contribution in [-0.2, 0) is 22.7 Å². The topological polar surface area (TPSA) is 125 Å². The average Bonchev–Trinajstić information content (AvgIpc) is 3.77. The number of tetrazole rings is 1. The molecule has 208 valence electrons. The smallest absolute Gasteiger partial charge is 0.248 e. The number of nitrogens with one attached hydrogen (secondary N) is 1. The number of nitrogens with zero attached hydrogens (tertiary/aromatic N) is 5. The summed E-state index contributed by atoms with van der Waals surface area (Å²) in [6.45, 7) is 1.96. The van der Waals surface area contributed by atoms with Crippen LogP contribution in [0.5, 0.6) is 11.5 Å². The third-order valence-corrected chi connectivity index (χ3v) is 8.05. The van der Waals surface area contributed by atoms with Crippen LogP contribution in [0, 0.1) is 6.92 Å². The van der Waals surface area contributed by atoms with Gasteiger partial charge in [0.15, 0.2) is 17.3 Å². The Hall–Kier alpha value is -4.19. The van der Waals surface area contributed by atoms with E-state index in [1.165, 1.54) is 22.6 Å². The molecule has 1 aliphatic carbocycles. The molecule has 0 radical (unpaired) electrons. The summed E-state index contributed by atoms with van der Waals surface area (Å²) in [5, 5.41) is 17.6. The lowest BCUT2D eigenvalue weighted by molar-refractivity contribution is -0.142. The highest BCUT2D eigenvalue weighted by atomic mass is 32.1. The summed E-state index contributed by atoms with van der Waals surface area (Å²) in [7, 11) is 0. The Labute approximate surface area is 235 Å². The number of rotatable bonds is 9. The maximum Gasteiger partial charge on any atom is 0.248 e. The fourth-order valence-electron chi connectivity index (χ4n) is 5.13. The van der Waals surface area contributed by atoms with Crippen LogP contribution in [-0.4, -0.2) is 49.8 Å². The van der Waals surface area contributed by atoms with Gasteiger partial charge in [-0.3, -0.25) is 9.59 Å². The maximum absolute atomic E-state index is 14.0. The minimum absolute atomic E-state index is 0.0995. The quantitative estimate of drug-likeness (QED) is 0.321. The zero-order valence-electron chi connectivity index (χ0n) is 22.1. The second kappa shape index (κ2) is 11.5. The second-order valence-corrected chi connectivity index (χ2v) is 11.0. The SMILES string of the molecule is Cc1ccc(-c2nnn(CC(=O)N(Cc3ccc4c(c3)OCO4)[C@H](C(=O)NC3CCCCC3)c3cccs3)n2)o1. The lowest BCUT2D eigenvalue weighted by Crippen LogP contribution is -2.47. The molecule has 2 amide bonds. The van der Waals surface area contributed by atoms with Gasteiger partial charge in [-0.05, 0) is 66.3 Å². The molecular weight excluding hydrogens is 532 g/mol. The largest absolute Gasteiger partial charge is 0.458 e. The van der Waals surface area contributed by atoms with E-state index in [0.717, 1.165) is 41.9 Å². The molecule has 1 atom stereocenters. The molecule has 0 unspecified atom stereocenters. The van der Waals surface area contributed by atoms with Crippen molar-refractivity contribution in [2.75, 3.05) is 6.79 Å². The van der Waals surface area contributed by atoms with Crippen molar-refractivity contribution in [1.29, 1.82) is 0 Å². The molecule has 1 aliphatic heterocycles. The molecule has 11 nitrogen and oxygen atoms in total. The summed E-state index contributed by atoms with van der Waals surface area (Å²) in [6, 6.07) is 12.2. The van der Waals surface area contributed by atoms with Crippen LogP contribution in [0.1, 0.15) is 54.3 Å². The van der Waals surface area contributed by atoms with Crippen molar-refractivity contribution in [3.8, 4) is 23.1 Å². The molecule has 1 saturated carbocycles. The molecule has 0 spiro atoms. The van der Waals surface area contributed by atoms with Crippen LogP contribution in [0.2, 0.25) is 0 Å². The summed E-state index contributed by atoms with van der Waals surface area (Å²) in [6.07, 6.45) is 5.24. The van der Waals surface area contributed by atoms with Crippen LogP contribution >= 0.6 is 11.3 Å². The normalized spacial score (nSPS) is 15.6. The van der Waals surface area contributed by atoms with Gasteiger partial charge in [0.25, 0.3) is 0 Å². The van der Waals surface area contributed by atoms with Crippen LogP contribution in [0.3, 0.4) is 0 Å². The Morgan fingerprint density at radius 3 is 2.75 bits per heavy atom. The Balaban J connectivity index is 1.30. The van der Waals surface area contributed by atoms with Crippen LogP contribution in [0.25, 0.3) is 11.6 Å². The highest BCUT2D eigenvalue weighted by Crippen LogP contribution is 2.34. The minimum Gasteiger partial charge on any atom is -0.458 e. The Kier molecular flexibility index (Phi) is 7.49. The molecule has 1 fully saturated rings. The van der Waals surface area contributed by atoms with Crippen molar-refractivity contribution in [2.24, 2.45) is 0 Å². The molecular formula is C28H30N6O5S. The van der Waals surface area contributed by atoms with E-state index in [1.807, 2.05) is 48.7 Å². The first-order valence-electron chi connectivity index (χ1n) is 13.4. The molecule has 1 aromatic carbocycles. The van der Waals surface area contributed by atoms with E-state index in [9.17, 15) is 9.59 Å². The van der Waals surface area contributed by atoms with Gasteiger partial charge in [0, 0.05) is 17.5 Å². The fourth-order valence-corrected chi connectivity index (χ4v) is 5.97. The zero-order valence-corrected chi connectivity index (χ0v) is 22.9. The predicted molar refractivity (Wildman–Crippen MR) is 145 cm³/mol. The number of aryl methyl sites for hydroxylation is 1. The van der Waals surface area contributed by atoms with Crippen molar-refractivity contribution in [3.63, 3.8) is 0 Å². The number of amides is 2. The Bertz CT molecular complexity index is 1480. The van der Waals surface area contributed by atoms with E-state index in [4.69, 9.17) is 13.9 Å². The van der Waals surface area contributed by atoms with Crippen molar-refractivity contribution in [1.82, 2.24) is 30.4 Å². The van der Waals surface area contributed by atoms with Crippen molar-refractivity contribution in [2.45, 2.75) is 64.2 Å². The molecule has 6 rings (SSSR count). The van der Waals surface area contributed by atoms with Gasteiger partial charge in [-0.25, -0.2) is 0 Å². The first-order valence-corrected chi connectivity index (χ1v) is 14.3. The van der Waals surface area contributed by atoms with Gasteiger partial charge in [0.2, 0.25) is 24.4 Å². The van der Waals surface area contributed by atoms with E-state index >= 15 is 0 Å². The number of aromatic nitrogens is 4. The van der Waals surface area contributed by atoms with E-state index in [2.05, 4.69) is 20.7 Å². The number of ether oxygens (including phenoxy) is 2. The van der Waals surface area contributed by atoms with Gasteiger partial charge in [0.05, 0.1) is 0 Å². The highest BCUT2D eigenvalue weighted by molar-refractivity contribution is 7.10. The molecule has 2 aliphatic rings. The van der Waals surface area contributed by atoms with Gasteiger partial charge in [-0.2, -0.15) is 4.80 Å². The minimum atomic E-state index is -0.824. The van der Waals surface area contributed by atoms with Crippen molar-refractivity contribution >= 4 is 23.2 Å². The third kappa shape index (κ3) is 5.71. The van der Waals surface area contributed by atoms with E-state index < -0.39 is 6.04 Å². The molecule has 1 N–H and O–H groups in total. The van der Waals surface area contributed by atoms with Crippen molar-refractivity contribution < 1.29 is 23.5 Å². The summed E-state index contributed by atoms with van der Waals surface area (Å²) in [5.74, 6) is 2.22. The lowest BCUT2D eigenvalue weighted by atomic mass is 9.95. The summed E-state index contributed by atoms with van der Waals surface area (Å²) in [4.78, 5) is 31.4. The monoisotopic (exact) mass is 562 g/mol. The molecule has 40 heavy (non-hydrogen) atoms. The highest BCUT2D eigenvalue weighted by Gasteiger charge is 2.34. The van der Waals surface area contributed by atoms with E-state index in [1.54, 1.807) is 11.0 Å². The molecule has 4 heterocycles. The van der Waals surface area contributed by atoms with Crippen LogP contribution < -0.4 is 14.8 Å². The average molecular weight is 563 g/mol. The molecule has 0 saturated heterocycles. The number of furan rings is 1. The number of thiophene rings is 1. The summed E-state index contributed by atoms with van der Waals surface area (Å²) < 4.78 is 16.6. The fraction of sp³-hybridized carbons (Fsp3) is 0.393. The number of carbonyl (C=O) groups is 2. The first kappa shape index (κ1) is 26.1. The van der Waals surface area contributed by atoms with Gasteiger partial charge in [-0.15, -0.1) is 21.5 Å². The predicted octanol–water partition coefficient (Wildman–Crippen LogP) is 4.25. The van der Waals surface area contributed by atoms with Gasteiger partial charge in [-0.1, -0.05) is 31.4 Å². The molecule has 3 aromatic heterocycles. The number of hydrogen-bond acceptors (Lipinski definition) is 9. The number of benzene rings is 1. The molecule has 4 aromatic rings. The first-order chi connectivity index (χ1) is 19.5. The summed E-state index contributed by atoms with van der Waals surface area (Å²) >= 11 is 1.45. The molecule has 0 bridgehead atoms. The lowest BCUT2D eigenvalue weighted by Gasteiger charge is -2.32. The van der Waals surface area contributed by atoms with Crippen LogP contribution in [0.4, 0.5) is 0 Å².